The largest absolute Gasteiger partial charge is 0.379 e. The van der Waals surface area contributed by atoms with Crippen molar-refractivity contribution in [3.05, 3.63) is 52.8 Å². The van der Waals surface area contributed by atoms with Gasteiger partial charge >= 0.3 is 0 Å². The summed E-state index contributed by atoms with van der Waals surface area (Å²) < 4.78 is 7.57. The van der Waals surface area contributed by atoms with Crippen LogP contribution < -0.4 is 5.43 Å². The van der Waals surface area contributed by atoms with E-state index in [-0.39, 0.29) is 5.43 Å². The lowest BCUT2D eigenvalue weighted by Crippen LogP contribution is -2.38. The molecule has 0 atom stereocenters. The third kappa shape index (κ3) is 2.62. The first-order valence-corrected chi connectivity index (χ1v) is 8.01. The third-order valence-electron chi connectivity index (χ3n) is 4.47. The predicted molar refractivity (Wildman–Crippen MR) is 90.8 cm³/mol. The van der Waals surface area contributed by atoms with Gasteiger partial charge in [-0.2, -0.15) is 0 Å². The molecule has 0 saturated carbocycles. The number of fused-ring (bicyclic) bond motifs is 2. The molecule has 1 saturated heterocycles. The number of rotatable bonds is 3. The topological polar surface area (TPSA) is 47.4 Å². The number of pyridine rings is 2. The lowest BCUT2D eigenvalue weighted by molar-refractivity contribution is 0.0366. The molecule has 3 heterocycles. The molecule has 1 aliphatic rings. The summed E-state index contributed by atoms with van der Waals surface area (Å²) in [4.78, 5) is 19.5. The zero-order valence-electron chi connectivity index (χ0n) is 12.9. The number of ether oxygens (including phenoxy) is 1. The molecule has 0 bridgehead atoms. The van der Waals surface area contributed by atoms with Gasteiger partial charge in [-0.15, -0.1) is 0 Å². The molecular weight excluding hydrogens is 290 g/mol. The van der Waals surface area contributed by atoms with Gasteiger partial charge in [0, 0.05) is 37.8 Å². The number of para-hydroxylation sites is 1. The van der Waals surface area contributed by atoms with Crippen LogP contribution >= 0.6 is 0 Å². The number of nitrogens with zero attached hydrogens (tertiary/aromatic N) is 3. The maximum Gasteiger partial charge on any atom is 0.198 e. The maximum atomic E-state index is 12.7. The molecule has 118 valence electrons. The van der Waals surface area contributed by atoms with Crippen molar-refractivity contribution in [1.29, 1.82) is 0 Å². The highest BCUT2D eigenvalue weighted by atomic mass is 16.5. The normalized spacial score (nSPS) is 16.2. The fraction of sp³-hybridized carbons (Fsp3) is 0.333. The molecule has 0 unspecified atom stereocenters. The van der Waals surface area contributed by atoms with E-state index in [0.717, 1.165) is 55.9 Å². The molecule has 5 nitrogen and oxygen atoms in total. The molecule has 0 spiro atoms. The number of hydrogen-bond donors (Lipinski definition) is 0. The highest BCUT2D eigenvalue weighted by Crippen LogP contribution is 2.17. The molecule has 0 N–H and O–H groups in total. The van der Waals surface area contributed by atoms with Crippen LogP contribution in [0.2, 0.25) is 0 Å². The van der Waals surface area contributed by atoms with Gasteiger partial charge in [-0.3, -0.25) is 9.69 Å². The van der Waals surface area contributed by atoms with E-state index in [1.54, 1.807) is 6.20 Å². The van der Waals surface area contributed by atoms with Crippen LogP contribution in [0.5, 0.6) is 0 Å². The van der Waals surface area contributed by atoms with Gasteiger partial charge in [0.15, 0.2) is 5.43 Å². The van der Waals surface area contributed by atoms with E-state index in [9.17, 15) is 4.79 Å². The summed E-state index contributed by atoms with van der Waals surface area (Å²) in [5.74, 6) is 0. The van der Waals surface area contributed by atoms with Gasteiger partial charge < -0.3 is 9.30 Å². The van der Waals surface area contributed by atoms with Crippen LogP contribution in [0.25, 0.3) is 21.9 Å². The second-order valence-electron chi connectivity index (χ2n) is 5.83. The zero-order chi connectivity index (χ0) is 15.6. The van der Waals surface area contributed by atoms with Crippen molar-refractivity contribution in [1.82, 2.24) is 14.5 Å². The van der Waals surface area contributed by atoms with Gasteiger partial charge in [-0.1, -0.05) is 12.1 Å². The Morgan fingerprint density at radius 2 is 1.78 bits per heavy atom. The number of morpholine rings is 1. The maximum absolute atomic E-state index is 12.7. The molecule has 3 aromatic rings. The van der Waals surface area contributed by atoms with Gasteiger partial charge in [-0.25, -0.2) is 4.98 Å². The first-order valence-electron chi connectivity index (χ1n) is 8.01. The summed E-state index contributed by atoms with van der Waals surface area (Å²) in [6.45, 7) is 5.26. The molecule has 0 radical (unpaired) electrons. The zero-order valence-corrected chi connectivity index (χ0v) is 12.9. The standard InChI is InChI=1S/C18H19N3O2/c22-17-14-4-1-2-6-16(14)21(18-15(17)5-3-7-19-18)9-8-20-10-12-23-13-11-20/h1-7H,8-13H2. The van der Waals surface area contributed by atoms with Gasteiger partial charge in [0.05, 0.1) is 24.1 Å². The Morgan fingerprint density at radius 3 is 2.65 bits per heavy atom. The molecular formula is C18H19N3O2. The van der Waals surface area contributed by atoms with E-state index in [2.05, 4.69) is 14.5 Å². The molecule has 0 amide bonds. The molecule has 0 aliphatic carbocycles. The summed E-state index contributed by atoms with van der Waals surface area (Å²) in [6.07, 6.45) is 1.75. The van der Waals surface area contributed by atoms with Crippen molar-refractivity contribution < 1.29 is 4.74 Å². The number of hydrogen-bond acceptors (Lipinski definition) is 4. The molecule has 5 heteroatoms. The monoisotopic (exact) mass is 309 g/mol. The Hall–Kier alpha value is -2.24. The van der Waals surface area contributed by atoms with E-state index in [1.165, 1.54) is 0 Å². The Labute approximate surface area is 134 Å². The quantitative estimate of drug-likeness (QED) is 0.693. The van der Waals surface area contributed by atoms with Crippen LogP contribution in [0.15, 0.2) is 47.4 Å². The average Bonchev–Trinajstić information content (AvgIpc) is 2.63. The summed E-state index contributed by atoms with van der Waals surface area (Å²) >= 11 is 0. The van der Waals surface area contributed by atoms with Gasteiger partial charge in [-0.05, 0) is 24.3 Å². The second-order valence-corrected chi connectivity index (χ2v) is 5.83. The van der Waals surface area contributed by atoms with Crippen LogP contribution in [0, 0.1) is 0 Å². The average molecular weight is 309 g/mol. The molecule has 4 rings (SSSR count). The van der Waals surface area contributed by atoms with Gasteiger partial charge in [0.25, 0.3) is 0 Å². The van der Waals surface area contributed by atoms with Crippen molar-refractivity contribution >= 4 is 21.9 Å². The number of aromatic nitrogens is 2. The second kappa shape index (κ2) is 6.10. The SMILES string of the molecule is O=c1c2ccccc2n(CCN2CCOCC2)c2ncccc12. The van der Waals surface area contributed by atoms with Crippen LogP contribution in [-0.2, 0) is 11.3 Å². The fourth-order valence-electron chi connectivity index (χ4n) is 3.24. The molecule has 2 aromatic heterocycles. The lowest BCUT2D eigenvalue weighted by atomic mass is 10.1. The van der Waals surface area contributed by atoms with E-state index in [4.69, 9.17) is 4.74 Å². The first kappa shape index (κ1) is 14.4. The smallest absolute Gasteiger partial charge is 0.198 e. The van der Waals surface area contributed by atoms with Gasteiger partial charge in [0.1, 0.15) is 5.65 Å². The minimum Gasteiger partial charge on any atom is -0.379 e. The Balaban J connectivity index is 1.82. The fourth-order valence-corrected chi connectivity index (χ4v) is 3.24. The highest BCUT2D eigenvalue weighted by molar-refractivity contribution is 5.91. The van der Waals surface area contributed by atoms with Crippen molar-refractivity contribution in [3.63, 3.8) is 0 Å². The summed E-state index contributed by atoms with van der Waals surface area (Å²) in [5.41, 5.74) is 1.78. The third-order valence-corrected chi connectivity index (χ3v) is 4.47. The summed E-state index contributed by atoms with van der Waals surface area (Å²) in [5, 5.41) is 1.45. The highest BCUT2D eigenvalue weighted by Gasteiger charge is 2.14. The first-order chi connectivity index (χ1) is 11.3. The molecule has 1 aromatic carbocycles. The lowest BCUT2D eigenvalue weighted by Gasteiger charge is -2.27. The van der Waals surface area contributed by atoms with Crippen molar-refractivity contribution in [2.45, 2.75) is 6.54 Å². The Bertz CT molecular complexity index is 838. The van der Waals surface area contributed by atoms with E-state index >= 15 is 0 Å². The Morgan fingerprint density at radius 1 is 1.00 bits per heavy atom. The Kier molecular flexibility index (Phi) is 3.81. The van der Waals surface area contributed by atoms with E-state index < -0.39 is 0 Å². The number of benzene rings is 1. The van der Waals surface area contributed by atoms with Crippen LogP contribution in [0.4, 0.5) is 0 Å². The van der Waals surface area contributed by atoms with Crippen molar-refractivity contribution in [3.8, 4) is 0 Å². The van der Waals surface area contributed by atoms with E-state index in [0.29, 0.717) is 5.39 Å². The van der Waals surface area contributed by atoms with Crippen LogP contribution in [0.3, 0.4) is 0 Å². The minimum atomic E-state index is 0.0614. The minimum absolute atomic E-state index is 0.0614. The van der Waals surface area contributed by atoms with Gasteiger partial charge in [0.2, 0.25) is 0 Å². The van der Waals surface area contributed by atoms with Crippen molar-refractivity contribution in [2.24, 2.45) is 0 Å². The van der Waals surface area contributed by atoms with E-state index in [1.807, 2.05) is 36.4 Å². The molecule has 23 heavy (non-hydrogen) atoms. The molecule has 1 fully saturated rings. The summed E-state index contributed by atoms with van der Waals surface area (Å²) in [6, 6.07) is 11.5. The molecule has 1 aliphatic heterocycles. The van der Waals surface area contributed by atoms with Crippen molar-refractivity contribution in [2.75, 3.05) is 32.8 Å². The predicted octanol–water partition coefficient (Wildman–Crippen LogP) is 1.88. The van der Waals surface area contributed by atoms with Crippen LogP contribution in [-0.4, -0.2) is 47.3 Å². The summed E-state index contributed by atoms with van der Waals surface area (Å²) in [7, 11) is 0. The van der Waals surface area contributed by atoms with Crippen LogP contribution in [0.1, 0.15) is 0 Å².